The SMILES string of the molecule is O=S(=O)(c1ccccc1)N1CCC(Oc2ccccc2-c2nc(-c3cnccn3)no2)C1. The maximum atomic E-state index is 12.9. The van der Waals surface area contributed by atoms with Gasteiger partial charge in [0.05, 0.1) is 23.2 Å². The van der Waals surface area contributed by atoms with Crippen LogP contribution in [0, 0.1) is 0 Å². The molecule has 10 heteroatoms. The second-order valence-electron chi connectivity index (χ2n) is 7.21. The van der Waals surface area contributed by atoms with Crippen LogP contribution in [0.15, 0.2) is 82.6 Å². The first-order valence-electron chi connectivity index (χ1n) is 10.0. The predicted octanol–water partition coefficient (Wildman–Crippen LogP) is 3.04. The molecule has 162 valence electrons. The van der Waals surface area contributed by atoms with Gasteiger partial charge in [0.1, 0.15) is 17.5 Å². The van der Waals surface area contributed by atoms with Gasteiger partial charge in [-0.1, -0.05) is 35.5 Å². The van der Waals surface area contributed by atoms with Gasteiger partial charge in [-0.3, -0.25) is 4.98 Å². The van der Waals surface area contributed by atoms with E-state index in [1.54, 1.807) is 55.0 Å². The Labute approximate surface area is 184 Å². The molecule has 0 amide bonds. The number of rotatable bonds is 6. The third-order valence-electron chi connectivity index (χ3n) is 5.12. The fraction of sp³-hybridized carbons (Fsp3) is 0.182. The summed E-state index contributed by atoms with van der Waals surface area (Å²) >= 11 is 0. The number of sulfonamides is 1. The van der Waals surface area contributed by atoms with Crippen molar-refractivity contribution in [3.05, 3.63) is 73.2 Å². The van der Waals surface area contributed by atoms with Crippen molar-refractivity contribution in [1.82, 2.24) is 24.4 Å². The van der Waals surface area contributed by atoms with E-state index in [-0.39, 0.29) is 23.4 Å². The first kappa shape index (κ1) is 20.3. The third kappa shape index (κ3) is 3.97. The van der Waals surface area contributed by atoms with Crippen molar-refractivity contribution in [2.45, 2.75) is 17.4 Å². The summed E-state index contributed by atoms with van der Waals surface area (Å²) in [5.41, 5.74) is 1.12. The van der Waals surface area contributed by atoms with E-state index in [0.29, 0.717) is 35.8 Å². The average molecular weight is 449 g/mol. The Morgan fingerprint density at radius 1 is 1.03 bits per heavy atom. The number of para-hydroxylation sites is 1. The minimum Gasteiger partial charge on any atom is -0.488 e. The standard InChI is InChI=1S/C22H19N5O4S/c28-32(29,17-6-2-1-3-7-17)27-13-10-16(15-27)30-20-9-5-4-8-18(20)22-25-21(26-31-22)19-14-23-11-12-24-19/h1-9,11-12,14,16H,10,13,15H2. The van der Waals surface area contributed by atoms with Gasteiger partial charge in [-0.25, -0.2) is 13.4 Å². The van der Waals surface area contributed by atoms with E-state index in [1.807, 2.05) is 18.2 Å². The zero-order valence-corrected chi connectivity index (χ0v) is 17.7. The van der Waals surface area contributed by atoms with E-state index in [0.717, 1.165) is 0 Å². The molecular weight excluding hydrogens is 430 g/mol. The summed E-state index contributed by atoms with van der Waals surface area (Å²) in [6.07, 6.45) is 4.96. The highest BCUT2D eigenvalue weighted by molar-refractivity contribution is 7.89. The van der Waals surface area contributed by atoms with Crippen molar-refractivity contribution in [1.29, 1.82) is 0 Å². The van der Waals surface area contributed by atoms with Gasteiger partial charge in [0.25, 0.3) is 5.89 Å². The fourth-order valence-corrected chi connectivity index (χ4v) is 5.04. The van der Waals surface area contributed by atoms with Crippen LogP contribution < -0.4 is 4.74 Å². The normalized spacial score (nSPS) is 16.8. The van der Waals surface area contributed by atoms with Gasteiger partial charge in [0, 0.05) is 18.9 Å². The fourth-order valence-electron chi connectivity index (χ4n) is 3.53. The summed E-state index contributed by atoms with van der Waals surface area (Å²) in [5.74, 6) is 1.16. The van der Waals surface area contributed by atoms with Crippen molar-refractivity contribution < 1.29 is 17.7 Å². The summed E-state index contributed by atoms with van der Waals surface area (Å²) in [5, 5.41) is 3.98. The first-order chi connectivity index (χ1) is 15.6. The van der Waals surface area contributed by atoms with Crippen LogP contribution in [-0.4, -0.2) is 52.0 Å². The maximum absolute atomic E-state index is 12.9. The van der Waals surface area contributed by atoms with Gasteiger partial charge in [-0.2, -0.15) is 9.29 Å². The Kier molecular flexibility index (Phi) is 5.38. The van der Waals surface area contributed by atoms with Crippen LogP contribution in [0.3, 0.4) is 0 Å². The molecule has 1 aliphatic heterocycles. The zero-order chi connectivity index (χ0) is 22.0. The molecule has 1 saturated heterocycles. The number of benzene rings is 2. The highest BCUT2D eigenvalue weighted by atomic mass is 32.2. The molecule has 0 saturated carbocycles. The molecule has 9 nitrogen and oxygen atoms in total. The van der Waals surface area contributed by atoms with Crippen LogP contribution in [-0.2, 0) is 10.0 Å². The summed E-state index contributed by atoms with van der Waals surface area (Å²) < 4.78 is 38.8. The number of hydrogen-bond acceptors (Lipinski definition) is 8. The van der Waals surface area contributed by atoms with Crippen LogP contribution in [0.2, 0.25) is 0 Å². The van der Waals surface area contributed by atoms with Crippen LogP contribution in [0.25, 0.3) is 23.0 Å². The topological polar surface area (TPSA) is 111 Å². The summed E-state index contributed by atoms with van der Waals surface area (Å²) in [6.45, 7) is 0.654. The Morgan fingerprint density at radius 3 is 2.66 bits per heavy atom. The molecule has 0 bridgehead atoms. The Balaban J connectivity index is 1.34. The van der Waals surface area contributed by atoms with E-state index in [9.17, 15) is 8.42 Å². The molecule has 1 unspecified atom stereocenters. The lowest BCUT2D eigenvalue weighted by Crippen LogP contribution is -2.31. The number of aromatic nitrogens is 4. The second kappa shape index (κ2) is 8.48. The molecule has 4 aromatic rings. The van der Waals surface area contributed by atoms with Gasteiger partial charge >= 0.3 is 0 Å². The van der Waals surface area contributed by atoms with E-state index in [1.165, 1.54) is 4.31 Å². The average Bonchev–Trinajstić information content (AvgIpc) is 3.51. The minimum absolute atomic E-state index is 0.264. The summed E-state index contributed by atoms with van der Waals surface area (Å²) in [4.78, 5) is 12.9. The van der Waals surface area contributed by atoms with Gasteiger partial charge in [-0.15, -0.1) is 0 Å². The molecule has 5 rings (SSSR count). The molecule has 3 heterocycles. The smallest absolute Gasteiger partial charge is 0.262 e. The van der Waals surface area contributed by atoms with Crippen LogP contribution in [0.1, 0.15) is 6.42 Å². The molecule has 1 fully saturated rings. The van der Waals surface area contributed by atoms with Gasteiger partial charge in [0.15, 0.2) is 0 Å². The lowest BCUT2D eigenvalue weighted by Gasteiger charge is -2.18. The molecule has 0 N–H and O–H groups in total. The predicted molar refractivity (Wildman–Crippen MR) is 115 cm³/mol. The van der Waals surface area contributed by atoms with Gasteiger partial charge < -0.3 is 9.26 Å². The molecule has 2 aromatic heterocycles. The quantitative estimate of drug-likeness (QED) is 0.442. The summed E-state index contributed by atoms with van der Waals surface area (Å²) in [6, 6.07) is 15.7. The van der Waals surface area contributed by atoms with Gasteiger partial charge in [-0.05, 0) is 30.7 Å². The highest BCUT2D eigenvalue weighted by Gasteiger charge is 2.34. The van der Waals surface area contributed by atoms with E-state index < -0.39 is 10.0 Å². The molecule has 2 aromatic carbocycles. The van der Waals surface area contributed by atoms with Crippen molar-refractivity contribution in [3.63, 3.8) is 0 Å². The van der Waals surface area contributed by atoms with E-state index in [4.69, 9.17) is 9.26 Å². The molecule has 32 heavy (non-hydrogen) atoms. The van der Waals surface area contributed by atoms with Crippen LogP contribution in [0.5, 0.6) is 5.75 Å². The van der Waals surface area contributed by atoms with Gasteiger partial charge in [0.2, 0.25) is 15.8 Å². The van der Waals surface area contributed by atoms with E-state index in [2.05, 4.69) is 20.1 Å². The van der Waals surface area contributed by atoms with Crippen molar-refractivity contribution in [3.8, 4) is 28.7 Å². The lowest BCUT2D eigenvalue weighted by atomic mass is 10.2. The molecule has 0 spiro atoms. The lowest BCUT2D eigenvalue weighted by molar-refractivity contribution is 0.216. The Bertz CT molecular complexity index is 1310. The van der Waals surface area contributed by atoms with E-state index >= 15 is 0 Å². The molecule has 0 radical (unpaired) electrons. The van der Waals surface area contributed by atoms with Crippen molar-refractivity contribution >= 4 is 10.0 Å². The molecular formula is C22H19N5O4S. The van der Waals surface area contributed by atoms with Crippen LogP contribution >= 0.6 is 0 Å². The van der Waals surface area contributed by atoms with Crippen molar-refractivity contribution in [2.24, 2.45) is 0 Å². The number of hydrogen-bond donors (Lipinski definition) is 0. The molecule has 1 atom stereocenters. The number of ether oxygens (including phenoxy) is 1. The summed E-state index contributed by atoms with van der Waals surface area (Å²) in [7, 11) is -3.55. The zero-order valence-electron chi connectivity index (χ0n) is 16.9. The first-order valence-corrected chi connectivity index (χ1v) is 11.5. The Morgan fingerprint density at radius 2 is 1.84 bits per heavy atom. The highest BCUT2D eigenvalue weighted by Crippen LogP contribution is 2.32. The molecule has 0 aliphatic carbocycles. The maximum Gasteiger partial charge on any atom is 0.262 e. The Hall–Kier alpha value is -3.63. The minimum atomic E-state index is -3.55. The molecule has 1 aliphatic rings. The third-order valence-corrected chi connectivity index (χ3v) is 7.00. The monoisotopic (exact) mass is 449 g/mol. The van der Waals surface area contributed by atoms with Crippen LogP contribution in [0.4, 0.5) is 0 Å². The second-order valence-corrected chi connectivity index (χ2v) is 9.15. The number of nitrogens with zero attached hydrogens (tertiary/aromatic N) is 5. The largest absolute Gasteiger partial charge is 0.488 e. The van der Waals surface area contributed by atoms with Crippen molar-refractivity contribution in [2.75, 3.05) is 13.1 Å².